The van der Waals surface area contributed by atoms with Crippen LogP contribution in [0, 0.1) is 22.7 Å². The van der Waals surface area contributed by atoms with E-state index in [0.717, 1.165) is 11.1 Å². The van der Waals surface area contributed by atoms with Gasteiger partial charge in [0.2, 0.25) is 0 Å². The fourth-order valence-electron chi connectivity index (χ4n) is 8.60. The van der Waals surface area contributed by atoms with Crippen molar-refractivity contribution < 1.29 is 39.2 Å². The number of nitrogens with zero attached hydrogens (tertiary/aromatic N) is 2. The van der Waals surface area contributed by atoms with Crippen molar-refractivity contribution >= 4 is 17.7 Å². The van der Waals surface area contributed by atoms with Crippen LogP contribution in [0.2, 0.25) is 0 Å². The minimum Gasteiger partial charge on any atom is -0.458 e. The molecule has 8 atom stereocenters. The number of carbonyl (C=O) groups is 3. The first-order valence-electron chi connectivity index (χ1n) is 15.3. The smallest absolute Gasteiger partial charge is 0.358 e. The van der Waals surface area contributed by atoms with E-state index >= 15 is 0 Å². The number of fused-ring (bicyclic) bond motifs is 5. The Morgan fingerprint density at radius 1 is 1.05 bits per heavy atom. The van der Waals surface area contributed by atoms with Gasteiger partial charge in [0.15, 0.2) is 11.5 Å². The van der Waals surface area contributed by atoms with Crippen LogP contribution >= 0.6 is 0 Å². The Bertz CT molecular complexity index is 1380. The van der Waals surface area contributed by atoms with Crippen LogP contribution in [0.1, 0.15) is 97.0 Å². The standard InChI is InChI=1S/C33H44N2O8/c1-19(2)20(3)15-27(37)43-26-17-25-29(5)9-8-23(42-28(38)24-18-34-13-14-35-24)16-22(29)7-10-32(25,40)33(41)12-11-31(39,21(4)36)30(26,33)6/h7,13-15,18-19,23,25-26,39-41H,8-12,16-17H2,1-6H3/b20-15+/t23-,25?,26+,29-,30+,31+,32-,33+/m0/s1. The zero-order chi connectivity index (χ0) is 31.6. The lowest BCUT2D eigenvalue weighted by atomic mass is 9.42. The molecule has 234 valence electrons. The highest BCUT2D eigenvalue weighted by molar-refractivity contribution is 5.88. The van der Waals surface area contributed by atoms with Crippen molar-refractivity contribution in [3.05, 3.63) is 47.6 Å². The van der Waals surface area contributed by atoms with Crippen molar-refractivity contribution in [1.82, 2.24) is 9.97 Å². The number of ether oxygens (including phenoxy) is 2. The van der Waals surface area contributed by atoms with E-state index in [9.17, 15) is 29.7 Å². The molecule has 0 aliphatic heterocycles. The first-order chi connectivity index (χ1) is 20.0. The van der Waals surface area contributed by atoms with Crippen LogP contribution in [0.15, 0.2) is 41.9 Å². The molecule has 43 heavy (non-hydrogen) atoms. The lowest BCUT2D eigenvalue weighted by molar-refractivity contribution is -0.314. The van der Waals surface area contributed by atoms with Crippen molar-refractivity contribution in [3.8, 4) is 0 Å². The van der Waals surface area contributed by atoms with Crippen LogP contribution in [0.3, 0.4) is 0 Å². The molecule has 4 aliphatic carbocycles. The van der Waals surface area contributed by atoms with Crippen LogP contribution in [-0.2, 0) is 19.1 Å². The Labute approximate surface area is 252 Å². The lowest BCUT2D eigenvalue weighted by Crippen LogP contribution is -2.78. The third kappa shape index (κ3) is 4.51. The molecule has 10 nitrogen and oxygen atoms in total. The van der Waals surface area contributed by atoms with E-state index in [4.69, 9.17) is 9.47 Å². The number of rotatable bonds is 6. The lowest BCUT2D eigenvalue weighted by Gasteiger charge is -2.67. The fraction of sp³-hybridized carbons (Fsp3) is 0.667. The van der Waals surface area contributed by atoms with Gasteiger partial charge in [0, 0.05) is 30.8 Å². The highest BCUT2D eigenvalue weighted by Crippen LogP contribution is 2.71. The monoisotopic (exact) mass is 596 g/mol. The maximum Gasteiger partial charge on any atom is 0.358 e. The molecule has 0 radical (unpaired) electrons. The van der Waals surface area contributed by atoms with Gasteiger partial charge in [-0.05, 0) is 70.6 Å². The third-order valence-corrected chi connectivity index (χ3v) is 11.7. The SMILES string of the molecule is CC(=O)[C@]1(O)CC[C@@]2(O)[C@]1(C)[C@H](OC(=O)/C=C(\C)C(C)C)CC1[C@@]3(C)CC[C@H](OC(=O)c4cnccn4)CC3=CC[C@]12O. The van der Waals surface area contributed by atoms with Gasteiger partial charge in [-0.1, -0.05) is 38.0 Å². The number of hydrogen-bond donors (Lipinski definition) is 3. The Kier molecular flexibility index (Phi) is 7.75. The summed E-state index contributed by atoms with van der Waals surface area (Å²) in [6.07, 6.45) is 7.80. The number of Topliss-reactive ketones (excluding diaryl/α,β-unsaturated/α-hetero) is 1. The summed E-state index contributed by atoms with van der Waals surface area (Å²) in [7, 11) is 0. The first-order valence-corrected chi connectivity index (χ1v) is 15.3. The van der Waals surface area contributed by atoms with E-state index in [2.05, 4.69) is 9.97 Å². The molecule has 0 bridgehead atoms. The molecule has 3 fully saturated rings. The van der Waals surface area contributed by atoms with Gasteiger partial charge in [-0.25, -0.2) is 14.6 Å². The first kappa shape index (κ1) is 31.5. The molecule has 1 aromatic heterocycles. The topological polar surface area (TPSA) is 156 Å². The molecular formula is C33H44N2O8. The molecule has 3 N–H and O–H groups in total. The van der Waals surface area contributed by atoms with Crippen LogP contribution in [0.25, 0.3) is 0 Å². The average Bonchev–Trinajstić information content (AvgIpc) is 3.19. The summed E-state index contributed by atoms with van der Waals surface area (Å²) in [5.74, 6) is -2.15. The van der Waals surface area contributed by atoms with Gasteiger partial charge in [-0.15, -0.1) is 0 Å². The largest absolute Gasteiger partial charge is 0.458 e. The molecule has 1 heterocycles. The number of aliphatic hydroxyl groups is 3. The van der Waals surface area contributed by atoms with E-state index in [-0.39, 0.29) is 37.3 Å². The maximum absolute atomic E-state index is 13.2. The predicted molar refractivity (Wildman–Crippen MR) is 155 cm³/mol. The predicted octanol–water partition coefficient (Wildman–Crippen LogP) is 3.64. The fourth-order valence-corrected chi connectivity index (χ4v) is 8.60. The molecular weight excluding hydrogens is 552 g/mol. The van der Waals surface area contributed by atoms with E-state index in [0.29, 0.717) is 19.3 Å². The van der Waals surface area contributed by atoms with Gasteiger partial charge in [-0.3, -0.25) is 9.78 Å². The molecule has 3 saturated carbocycles. The summed E-state index contributed by atoms with van der Waals surface area (Å²) in [4.78, 5) is 46.9. The molecule has 4 aliphatic rings. The number of hydrogen-bond acceptors (Lipinski definition) is 10. The average molecular weight is 597 g/mol. The highest BCUT2D eigenvalue weighted by Gasteiger charge is 2.81. The molecule has 0 aromatic carbocycles. The Hall–Kier alpha value is -2.95. The molecule has 0 spiro atoms. The molecule has 0 saturated heterocycles. The molecule has 1 unspecified atom stereocenters. The number of carbonyl (C=O) groups excluding carboxylic acids is 3. The second-order valence-corrected chi connectivity index (χ2v) is 13.9. The summed E-state index contributed by atoms with van der Waals surface area (Å²) in [5.41, 5.74) is -5.96. The molecule has 0 amide bonds. The van der Waals surface area contributed by atoms with E-state index in [1.165, 1.54) is 31.6 Å². The highest BCUT2D eigenvalue weighted by atomic mass is 16.6. The zero-order valence-electron chi connectivity index (χ0n) is 25.9. The van der Waals surface area contributed by atoms with Gasteiger partial charge in [0.25, 0.3) is 0 Å². The second kappa shape index (κ2) is 10.6. The number of aromatic nitrogens is 2. The van der Waals surface area contributed by atoms with Gasteiger partial charge < -0.3 is 24.8 Å². The van der Waals surface area contributed by atoms with Crippen LogP contribution in [0.4, 0.5) is 0 Å². The number of allylic oxidation sites excluding steroid dienone is 1. The quantitative estimate of drug-likeness (QED) is 0.252. The van der Waals surface area contributed by atoms with Gasteiger partial charge in [-0.2, -0.15) is 0 Å². The molecule has 10 heteroatoms. The van der Waals surface area contributed by atoms with Crippen molar-refractivity contribution in [3.63, 3.8) is 0 Å². The zero-order valence-corrected chi connectivity index (χ0v) is 25.9. The summed E-state index contributed by atoms with van der Waals surface area (Å²) < 4.78 is 11.9. The second-order valence-electron chi connectivity index (χ2n) is 13.9. The van der Waals surface area contributed by atoms with E-state index in [1.807, 2.05) is 33.8 Å². The third-order valence-electron chi connectivity index (χ3n) is 11.7. The van der Waals surface area contributed by atoms with Crippen LogP contribution < -0.4 is 0 Å². The van der Waals surface area contributed by atoms with E-state index < -0.39 is 63.5 Å². The van der Waals surface area contributed by atoms with Crippen molar-refractivity contribution in [2.45, 2.75) is 115 Å². The van der Waals surface area contributed by atoms with Crippen molar-refractivity contribution in [1.29, 1.82) is 0 Å². The number of ketones is 1. The summed E-state index contributed by atoms with van der Waals surface area (Å²) in [6, 6.07) is 0. The van der Waals surface area contributed by atoms with Crippen LogP contribution in [0.5, 0.6) is 0 Å². The van der Waals surface area contributed by atoms with Crippen molar-refractivity contribution in [2.24, 2.45) is 22.7 Å². The Morgan fingerprint density at radius 3 is 2.40 bits per heavy atom. The number of esters is 2. The minimum atomic E-state index is -2.00. The van der Waals surface area contributed by atoms with Crippen LogP contribution in [-0.4, -0.2) is 72.0 Å². The molecule has 1 aromatic rings. The van der Waals surface area contributed by atoms with E-state index in [1.54, 1.807) is 6.92 Å². The summed E-state index contributed by atoms with van der Waals surface area (Å²) in [6.45, 7) is 10.6. The summed E-state index contributed by atoms with van der Waals surface area (Å²) in [5, 5.41) is 37.0. The normalized spacial score (nSPS) is 40.6. The maximum atomic E-state index is 13.2. The van der Waals surface area contributed by atoms with Gasteiger partial charge in [0.05, 0.1) is 11.6 Å². The molecule has 5 rings (SSSR count). The Balaban J connectivity index is 1.51. The minimum absolute atomic E-state index is 0.0287. The van der Waals surface area contributed by atoms with Crippen molar-refractivity contribution in [2.75, 3.05) is 0 Å². The summed E-state index contributed by atoms with van der Waals surface area (Å²) >= 11 is 0. The van der Waals surface area contributed by atoms with Gasteiger partial charge in [0.1, 0.15) is 29.0 Å². The Morgan fingerprint density at radius 2 is 1.77 bits per heavy atom. The van der Waals surface area contributed by atoms with Gasteiger partial charge >= 0.3 is 11.9 Å².